The van der Waals surface area contributed by atoms with Gasteiger partial charge in [-0.3, -0.25) is 0 Å². The molecule has 3 N–H and O–H groups in total. The van der Waals surface area contributed by atoms with Gasteiger partial charge in [-0.25, -0.2) is 0 Å². The maximum Gasteiger partial charge on any atom is 0.0443 e. The van der Waals surface area contributed by atoms with Gasteiger partial charge >= 0.3 is 0 Å². The molecule has 0 bridgehead atoms. The van der Waals surface area contributed by atoms with Crippen LogP contribution in [0.3, 0.4) is 0 Å². The van der Waals surface area contributed by atoms with Gasteiger partial charge in [0, 0.05) is 13.2 Å². The summed E-state index contributed by atoms with van der Waals surface area (Å²) in [4.78, 5) is 2.49. The molecule has 1 aromatic carbocycles. The second-order valence-electron chi connectivity index (χ2n) is 5.55. The van der Waals surface area contributed by atoms with Crippen LogP contribution in [0.5, 0.6) is 0 Å². The van der Waals surface area contributed by atoms with Crippen molar-refractivity contribution in [2.75, 3.05) is 26.2 Å². The lowest BCUT2D eigenvalue weighted by atomic mass is 9.90. The van der Waals surface area contributed by atoms with E-state index in [-0.39, 0.29) is 5.48 Å². The molecule has 0 saturated carbocycles. The fourth-order valence-corrected chi connectivity index (χ4v) is 2.77. The summed E-state index contributed by atoms with van der Waals surface area (Å²) in [5.41, 5.74) is 2.83. The van der Waals surface area contributed by atoms with Crippen molar-refractivity contribution in [3.05, 3.63) is 35.4 Å². The molecule has 1 aliphatic heterocycles. The number of benzene rings is 1. The van der Waals surface area contributed by atoms with Crippen LogP contribution in [-0.4, -0.2) is 41.7 Å². The minimum atomic E-state index is 0. The van der Waals surface area contributed by atoms with Gasteiger partial charge < -0.3 is 15.5 Å². The number of rotatable bonds is 5. The van der Waals surface area contributed by atoms with Crippen LogP contribution in [0.25, 0.3) is 0 Å². The molecule has 0 spiro atoms. The van der Waals surface area contributed by atoms with E-state index in [1.165, 1.54) is 43.5 Å². The number of likely N-dealkylation sites (tertiary alicyclic amines) is 1. The first kappa shape index (κ1) is 16.2. The molecule has 0 aliphatic carbocycles. The van der Waals surface area contributed by atoms with Gasteiger partial charge in [0.05, 0.1) is 0 Å². The molecule has 1 saturated heterocycles. The van der Waals surface area contributed by atoms with Crippen molar-refractivity contribution in [2.45, 2.75) is 32.6 Å². The molecule has 1 aromatic rings. The highest BCUT2D eigenvalue weighted by molar-refractivity contribution is 5.21. The Kier molecular flexibility index (Phi) is 7.06. The number of aliphatic hydroxyl groups excluding tert-OH is 1. The Hall–Kier alpha value is -0.900. The van der Waals surface area contributed by atoms with Gasteiger partial charge in [-0.15, -0.1) is 0 Å². The standard InChI is InChI=1S/C16H25NO.H2O/c1-14-3-5-15(6-4-14)13-16-7-10-17(11-8-16)9-2-12-18;/h3-6,16,18H,2,7-13H2,1H3;1H2. The van der Waals surface area contributed by atoms with E-state index in [9.17, 15) is 0 Å². The van der Waals surface area contributed by atoms with Crippen LogP contribution >= 0.6 is 0 Å². The Morgan fingerprint density at radius 2 is 1.79 bits per heavy atom. The maximum absolute atomic E-state index is 8.84. The summed E-state index contributed by atoms with van der Waals surface area (Å²) in [7, 11) is 0. The molecule has 3 nitrogen and oxygen atoms in total. The van der Waals surface area contributed by atoms with Crippen LogP contribution in [0, 0.1) is 12.8 Å². The smallest absolute Gasteiger partial charge is 0.0443 e. The van der Waals surface area contributed by atoms with Gasteiger partial charge in [-0.1, -0.05) is 29.8 Å². The Morgan fingerprint density at radius 1 is 1.16 bits per heavy atom. The van der Waals surface area contributed by atoms with Crippen LogP contribution in [-0.2, 0) is 6.42 Å². The number of aryl methyl sites for hydroxylation is 1. The quantitative estimate of drug-likeness (QED) is 0.882. The van der Waals surface area contributed by atoms with Crippen LogP contribution in [0.15, 0.2) is 24.3 Å². The van der Waals surface area contributed by atoms with Gasteiger partial charge in [-0.2, -0.15) is 0 Å². The average molecular weight is 265 g/mol. The van der Waals surface area contributed by atoms with Gasteiger partial charge in [0.25, 0.3) is 0 Å². The predicted octanol–water partition coefficient (Wildman–Crippen LogP) is 1.81. The zero-order chi connectivity index (χ0) is 12.8. The van der Waals surface area contributed by atoms with E-state index in [0.29, 0.717) is 6.61 Å². The highest BCUT2D eigenvalue weighted by atomic mass is 16.3. The van der Waals surface area contributed by atoms with E-state index < -0.39 is 0 Å². The molecule has 108 valence electrons. The van der Waals surface area contributed by atoms with E-state index in [1.54, 1.807) is 0 Å². The molecule has 0 aromatic heterocycles. The number of hydrogen-bond acceptors (Lipinski definition) is 2. The van der Waals surface area contributed by atoms with Crippen molar-refractivity contribution in [1.82, 2.24) is 4.90 Å². The lowest BCUT2D eigenvalue weighted by Crippen LogP contribution is -2.35. The van der Waals surface area contributed by atoms with Crippen LogP contribution in [0.2, 0.25) is 0 Å². The number of aliphatic hydroxyl groups is 1. The number of nitrogens with zero attached hydrogens (tertiary/aromatic N) is 1. The summed E-state index contributed by atoms with van der Waals surface area (Å²) in [5.74, 6) is 0.845. The molecule has 0 radical (unpaired) electrons. The molecule has 0 atom stereocenters. The van der Waals surface area contributed by atoms with Gasteiger partial charge in [0.15, 0.2) is 0 Å². The van der Waals surface area contributed by atoms with E-state index in [4.69, 9.17) is 5.11 Å². The third-order valence-corrected chi connectivity index (χ3v) is 3.98. The van der Waals surface area contributed by atoms with Crippen molar-refractivity contribution in [3.63, 3.8) is 0 Å². The average Bonchev–Trinajstić information content (AvgIpc) is 2.41. The zero-order valence-electron chi connectivity index (χ0n) is 11.9. The minimum Gasteiger partial charge on any atom is -0.412 e. The summed E-state index contributed by atoms with van der Waals surface area (Å²) in [6.45, 7) is 5.94. The minimum absolute atomic E-state index is 0. The zero-order valence-corrected chi connectivity index (χ0v) is 11.9. The summed E-state index contributed by atoms with van der Waals surface area (Å²) < 4.78 is 0. The summed E-state index contributed by atoms with van der Waals surface area (Å²) in [6, 6.07) is 8.97. The third-order valence-electron chi connectivity index (χ3n) is 3.98. The Morgan fingerprint density at radius 3 is 2.37 bits per heavy atom. The molecule has 1 fully saturated rings. The van der Waals surface area contributed by atoms with Crippen LogP contribution < -0.4 is 0 Å². The second-order valence-corrected chi connectivity index (χ2v) is 5.55. The highest BCUT2D eigenvalue weighted by Gasteiger charge is 2.18. The lowest BCUT2D eigenvalue weighted by Gasteiger charge is -2.31. The molecule has 2 rings (SSSR count). The van der Waals surface area contributed by atoms with E-state index in [1.807, 2.05) is 0 Å². The van der Waals surface area contributed by atoms with Crippen molar-refractivity contribution in [1.29, 1.82) is 0 Å². The molecular formula is C16H27NO2. The molecule has 19 heavy (non-hydrogen) atoms. The first-order valence-corrected chi connectivity index (χ1v) is 7.16. The molecule has 1 aliphatic rings. The second kappa shape index (κ2) is 8.31. The topological polar surface area (TPSA) is 55.0 Å². The van der Waals surface area contributed by atoms with Crippen LogP contribution in [0.4, 0.5) is 0 Å². The monoisotopic (exact) mass is 265 g/mol. The van der Waals surface area contributed by atoms with Crippen molar-refractivity contribution in [2.24, 2.45) is 5.92 Å². The fourth-order valence-electron chi connectivity index (χ4n) is 2.77. The van der Waals surface area contributed by atoms with E-state index >= 15 is 0 Å². The number of piperidine rings is 1. The number of hydrogen-bond donors (Lipinski definition) is 1. The summed E-state index contributed by atoms with van der Waals surface area (Å²) in [6.07, 6.45) is 4.76. The largest absolute Gasteiger partial charge is 0.412 e. The summed E-state index contributed by atoms with van der Waals surface area (Å²) >= 11 is 0. The molecule has 1 heterocycles. The van der Waals surface area contributed by atoms with Crippen molar-refractivity contribution < 1.29 is 10.6 Å². The van der Waals surface area contributed by atoms with Crippen LogP contribution in [0.1, 0.15) is 30.4 Å². The van der Waals surface area contributed by atoms with Crippen molar-refractivity contribution in [3.8, 4) is 0 Å². The maximum atomic E-state index is 8.84. The Bertz CT molecular complexity index is 342. The normalized spacial score (nSPS) is 17.2. The van der Waals surface area contributed by atoms with Gasteiger partial charge in [-0.05, 0) is 57.2 Å². The molecule has 0 unspecified atom stereocenters. The fraction of sp³-hybridized carbons (Fsp3) is 0.625. The molecule has 3 heteroatoms. The van der Waals surface area contributed by atoms with E-state index in [2.05, 4.69) is 36.1 Å². The van der Waals surface area contributed by atoms with Gasteiger partial charge in [0.2, 0.25) is 0 Å². The Labute approximate surface area is 116 Å². The predicted molar refractivity (Wildman–Crippen MR) is 79.4 cm³/mol. The van der Waals surface area contributed by atoms with Crippen molar-refractivity contribution >= 4 is 0 Å². The lowest BCUT2D eigenvalue weighted by molar-refractivity contribution is 0.167. The first-order chi connectivity index (χ1) is 8.78. The third kappa shape index (κ3) is 5.31. The highest BCUT2D eigenvalue weighted by Crippen LogP contribution is 2.21. The first-order valence-electron chi connectivity index (χ1n) is 7.16. The SMILES string of the molecule is Cc1ccc(CC2CCN(CCCO)CC2)cc1.O. The molecule has 0 amide bonds. The molecular weight excluding hydrogens is 238 g/mol. The Balaban J connectivity index is 0.00000180. The van der Waals surface area contributed by atoms with E-state index in [0.717, 1.165) is 18.9 Å². The summed E-state index contributed by atoms with van der Waals surface area (Å²) in [5, 5.41) is 8.84. The van der Waals surface area contributed by atoms with Gasteiger partial charge in [0.1, 0.15) is 0 Å².